The number of aliphatic hydroxyl groups is 2. The third kappa shape index (κ3) is 7.03. The number of phosphoric acid groups is 1. The molecule has 3 aliphatic heterocycles. The molecule has 1 aromatic heterocycles. The average Bonchev–Trinajstić information content (AvgIpc) is 3.68. The van der Waals surface area contributed by atoms with Crippen LogP contribution >= 0.6 is 7.82 Å². The Morgan fingerprint density at radius 2 is 1.78 bits per heavy atom. The lowest BCUT2D eigenvalue weighted by Gasteiger charge is -2.32. The van der Waals surface area contributed by atoms with Crippen molar-refractivity contribution in [3.63, 3.8) is 0 Å². The molecule has 0 spiro atoms. The summed E-state index contributed by atoms with van der Waals surface area (Å²) in [4.78, 5) is 77.2. The van der Waals surface area contributed by atoms with Gasteiger partial charge in [-0.25, -0.2) is 14.2 Å². The van der Waals surface area contributed by atoms with Gasteiger partial charge in [0.25, 0.3) is 5.56 Å². The summed E-state index contributed by atoms with van der Waals surface area (Å²) in [6, 6.07) is 6.29. The zero-order valence-corrected chi connectivity index (χ0v) is 27.3. The smallest absolute Gasteiger partial charge is 0.472 e. The topological polar surface area (TPSA) is 253 Å². The van der Waals surface area contributed by atoms with Crippen LogP contribution < -0.4 is 16.1 Å². The van der Waals surface area contributed by atoms with E-state index in [1.54, 1.807) is 19.1 Å². The summed E-state index contributed by atoms with van der Waals surface area (Å²) in [7, 11) is -5.04. The van der Waals surface area contributed by atoms with Crippen molar-refractivity contribution >= 4 is 31.3 Å². The number of nitrogens with zero attached hydrogens (tertiary/aromatic N) is 2. The zero-order chi connectivity index (χ0) is 36.8. The van der Waals surface area contributed by atoms with Gasteiger partial charge < -0.3 is 34.4 Å². The second-order valence-electron chi connectivity index (χ2n) is 12.4. The van der Waals surface area contributed by atoms with E-state index in [1.807, 2.05) is 0 Å². The number of carboxylic acids is 1. The van der Waals surface area contributed by atoms with Gasteiger partial charge in [-0.05, 0) is 36.6 Å². The highest BCUT2D eigenvalue weighted by Gasteiger charge is 2.55. The van der Waals surface area contributed by atoms with Gasteiger partial charge in [0.05, 0.1) is 50.4 Å². The number of carboxylic acid groups (broad SMARTS) is 1. The molecule has 3 fully saturated rings. The first kappa shape index (κ1) is 34.6. The van der Waals surface area contributed by atoms with Crippen LogP contribution in [0.25, 0.3) is 0 Å². The number of phosphoric ester groups is 1. The van der Waals surface area contributed by atoms with Crippen molar-refractivity contribution < 1.29 is 63.8 Å². The van der Waals surface area contributed by atoms with E-state index in [9.17, 15) is 48.8 Å². The molecule has 50 heavy (non-hydrogen) atoms. The summed E-state index contributed by atoms with van der Waals surface area (Å²) in [6.07, 6.45) is -3.65. The molecule has 0 saturated carbocycles. The molecule has 1 aliphatic carbocycles. The quantitative estimate of drug-likeness (QED) is 0.108. The number of aliphatic hydroxyl groups excluding tert-OH is 2. The summed E-state index contributed by atoms with van der Waals surface area (Å²) in [5.41, 5.74) is -1.51. The van der Waals surface area contributed by atoms with Gasteiger partial charge >= 0.3 is 19.5 Å². The van der Waals surface area contributed by atoms with Crippen molar-refractivity contribution in [1.82, 2.24) is 9.55 Å². The molecule has 12 atom stereocenters. The highest BCUT2D eigenvalue weighted by atomic mass is 31.2. The van der Waals surface area contributed by atoms with Gasteiger partial charge in [0.15, 0.2) is 6.23 Å². The van der Waals surface area contributed by atoms with Crippen LogP contribution in [0.1, 0.15) is 31.3 Å². The maximum Gasteiger partial charge on any atom is 0.472 e. The Bertz CT molecular complexity index is 1850. The first-order valence-corrected chi connectivity index (χ1v) is 17.2. The lowest BCUT2D eigenvalue weighted by atomic mass is 9.72. The van der Waals surface area contributed by atoms with Crippen LogP contribution in [0.15, 0.2) is 58.3 Å². The number of fused-ring (bicyclic) bond motifs is 1. The van der Waals surface area contributed by atoms with Crippen molar-refractivity contribution in [2.45, 2.75) is 50.1 Å². The Kier molecular flexibility index (Phi) is 9.98. The number of aromatic amines is 1. The minimum absolute atomic E-state index is 0.0340. The Labute approximate surface area is 284 Å². The molecule has 6 rings (SSSR count). The number of carbonyl (C=O) groups is 3. The number of imide groups is 1. The molecule has 1 aromatic carbocycles. The van der Waals surface area contributed by atoms with Gasteiger partial charge in [-0.2, -0.15) is 0 Å². The van der Waals surface area contributed by atoms with Gasteiger partial charge in [-0.3, -0.25) is 37.9 Å². The lowest BCUT2D eigenvalue weighted by Crippen LogP contribution is -2.42. The monoisotopic (exact) mass is 723 g/mol. The Balaban J connectivity index is 1.26. The van der Waals surface area contributed by atoms with Gasteiger partial charge in [-0.1, -0.05) is 19.1 Å². The van der Waals surface area contributed by atoms with Gasteiger partial charge in [-0.15, -0.1) is 0 Å². The van der Waals surface area contributed by atoms with Gasteiger partial charge in [0, 0.05) is 24.8 Å². The van der Waals surface area contributed by atoms with Gasteiger partial charge in [0.1, 0.15) is 24.4 Å². The molecule has 2 aromatic rings. The molecule has 3 saturated heterocycles. The fourth-order valence-electron chi connectivity index (χ4n) is 6.70. The summed E-state index contributed by atoms with van der Waals surface area (Å²) in [5.74, 6) is -5.11. The van der Waals surface area contributed by atoms with Crippen LogP contribution in [0.2, 0.25) is 0 Å². The molecule has 5 N–H and O–H groups in total. The van der Waals surface area contributed by atoms with Crippen LogP contribution in [0.5, 0.6) is 0 Å². The van der Waals surface area contributed by atoms with Crippen LogP contribution in [0.3, 0.4) is 0 Å². The number of benzene rings is 1. The number of aromatic nitrogens is 2. The molecule has 4 heterocycles. The normalized spacial score (nSPS) is 35.2. The van der Waals surface area contributed by atoms with Crippen molar-refractivity contribution in [1.29, 1.82) is 0 Å². The molecule has 2 amide bonds. The Morgan fingerprint density at radius 1 is 1.06 bits per heavy atom. The number of anilines is 1. The number of ether oxygens (including phenoxy) is 3. The first-order chi connectivity index (χ1) is 24.2. The molecular weight excluding hydrogens is 685 g/mol. The molecule has 6 unspecified atom stereocenters. The maximum atomic E-state index is 13.9. The van der Waals surface area contributed by atoms with Crippen molar-refractivity contribution in [3.05, 3.63) is 75.1 Å². The van der Waals surface area contributed by atoms with Crippen LogP contribution in [-0.2, 0) is 37.4 Å². The number of hydrogen-bond acceptors (Lipinski definition) is 13. The standard InChI is InChI=1S/C31H36N3O15P/c1-15-2-3-17(24-23(15)27(38)34(28(24)39)18-6-4-16(5-7-18)30(40)41)13-46-26-25(49-50(43,44)47-14-21-19(36)9-11-45-21)20(12-35)48-29(26)33-10-8-22(37)32-31(33)42/h2-8,10,15,17,19-21,23-26,29,35-36H,9,11-14H2,1H3,(H,40,41)(H,43,44)(H,32,37,42)/t15?,17?,19-,20-,21-,23?,24?,25+,26?,29-/m1/s1/i11T/t11-,15?,17?,19+,20+,21+,23?,24?,25-,26?,29+/m0. The molecule has 0 radical (unpaired) electrons. The summed E-state index contributed by atoms with van der Waals surface area (Å²) in [6.45, 7) is -1.04. The Hall–Kier alpha value is -3.84. The maximum absolute atomic E-state index is 13.9. The van der Waals surface area contributed by atoms with Crippen LogP contribution in [0, 0.1) is 23.7 Å². The second-order valence-corrected chi connectivity index (χ2v) is 13.8. The third-order valence-corrected chi connectivity index (χ3v) is 10.2. The first-order valence-electron chi connectivity index (χ1n) is 16.3. The highest BCUT2D eigenvalue weighted by molar-refractivity contribution is 7.47. The zero-order valence-electron chi connectivity index (χ0n) is 27.4. The minimum Gasteiger partial charge on any atom is -0.478 e. The summed E-state index contributed by atoms with van der Waals surface area (Å²) < 4.78 is 49.5. The fourth-order valence-corrected chi connectivity index (χ4v) is 7.65. The average molecular weight is 724 g/mol. The van der Waals surface area contributed by atoms with E-state index in [0.717, 1.165) is 21.7 Å². The predicted molar refractivity (Wildman–Crippen MR) is 168 cm³/mol. The molecule has 270 valence electrons. The van der Waals surface area contributed by atoms with Crippen molar-refractivity contribution in [3.8, 4) is 0 Å². The van der Waals surface area contributed by atoms with Crippen LogP contribution in [0.4, 0.5) is 5.69 Å². The number of aromatic carboxylic acids is 1. The van der Waals surface area contributed by atoms with E-state index in [1.165, 1.54) is 24.3 Å². The molecular formula is C31H36N3O15P. The number of H-pyrrole nitrogens is 1. The van der Waals surface area contributed by atoms with E-state index in [2.05, 4.69) is 4.98 Å². The molecule has 19 heteroatoms. The summed E-state index contributed by atoms with van der Waals surface area (Å²) in [5, 5.41) is 29.5. The molecule has 18 nitrogen and oxygen atoms in total. The van der Waals surface area contributed by atoms with E-state index >= 15 is 0 Å². The number of carbonyl (C=O) groups excluding carboxylic acids is 2. The van der Waals surface area contributed by atoms with E-state index < -0.39 is 111 Å². The van der Waals surface area contributed by atoms with Gasteiger partial charge in [0.2, 0.25) is 11.8 Å². The lowest BCUT2D eigenvalue weighted by molar-refractivity contribution is -0.125. The van der Waals surface area contributed by atoms with Crippen molar-refractivity contribution in [2.24, 2.45) is 23.7 Å². The number of rotatable bonds is 12. The van der Waals surface area contributed by atoms with E-state index in [4.69, 9.17) is 24.6 Å². The van der Waals surface area contributed by atoms with E-state index in [-0.39, 0.29) is 30.2 Å². The van der Waals surface area contributed by atoms with E-state index in [0.29, 0.717) is 0 Å². The van der Waals surface area contributed by atoms with Crippen LogP contribution in [-0.4, -0.2) is 104 Å². The third-order valence-electron chi connectivity index (χ3n) is 9.23. The number of nitrogens with one attached hydrogen (secondary N) is 1. The largest absolute Gasteiger partial charge is 0.478 e. The van der Waals surface area contributed by atoms with Crippen molar-refractivity contribution in [2.75, 3.05) is 31.3 Å². The number of hydrogen-bond donors (Lipinski definition) is 5. The Morgan fingerprint density at radius 3 is 2.42 bits per heavy atom. The number of allylic oxidation sites excluding steroid dienone is 1. The molecule has 4 aliphatic rings. The highest BCUT2D eigenvalue weighted by Crippen LogP contribution is 2.50. The second kappa shape index (κ2) is 14.4. The minimum atomic E-state index is -5.04. The summed E-state index contributed by atoms with van der Waals surface area (Å²) >= 11 is 0. The fraction of sp³-hybridized carbons (Fsp3) is 0.516. The SMILES string of the molecule is [3H][C@H]1C[C@@H](O)[C@@H](COP(=O)(O)O[C@@H]2C(OCC3C=CC(C)C4C(=O)N(c5ccc(C(=O)O)cc5)C(=O)C34)[C@H](n3ccc(=O)[nH]c3=O)O[C@@H]2CO)O1. The molecule has 0 bridgehead atoms. The predicted octanol–water partition coefficient (Wildman–Crippen LogP) is -0.210. The number of amides is 2.